The summed E-state index contributed by atoms with van der Waals surface area (Å²) in [5.74, 6) is 0.909. The third kappa shape index (κ3) is 1.65. The van der Waals surface area contributed by atoms with E-state index in [0.717, 1.165) is 12.2 Å². The summed E-state index contributed by atoms with van der Waals surface area (Å²) >= 11 is 0. The van der Waals surface area contributed by atoms with Gasteiger partial charge in [-0.25, -0.2) is 8.42 Å². The first kappa shape index (κ1) is 8.36. The Morgan fingerprint density at radius 2 is 2.20 bits per heavy atom. The molecule has 1 heterocycles. The number of hydrogen-bond donors (Lipinski definition) is 0. The summed E-state index contributed by atoms with van der Waals surface area (Å²) in [6.45, 7) is 0. The molecule has 0 spiro atoms. The zero-order valence-electron chi connectivity index (χ0n) is 5.74. The van der Waals surface area contributed by atoms with Gasteiger partial charge in [-0.05, 0) is 6.42 Å². The van der Waals surface area contributed by atoms with E-state index in [0.29, 0.717) is 6.42 Å². The molecule has 0 radical (unpaired) electrons. The van der Waals surface area contributed by atoms with Crippen LogP contribution in [0.25, 0.3) is 0 Å². The third-order valence-corrected chi connectivity index (χ3v) is 6.32. The summed E-state index contributed by atoms with van der Waals surface area (Å²) in [6, 6.07) is 0. The number of hydrogen-bond acceptors (Lipinski definition) is 3. The van der Waals surface area contributed by atoms with E-state index in [9.17, 15) is 13.0 Å². The molecule has 0 bridgehead atoms. The monoisotopic (exact) mass is 182 g/mol. The highest BCUT2D eigenvalue weighted by Crippen LogP contribution is 2.23. The Hall–Kier alpha value is 0.260. The van der Waals surface area contributed by atoms with Gasteiger partial charge in [0.25, 0.3) is 0 Å². The largest absolute Gasteiger partial charge is 0.744 e. The van der Waals surface area contributed by atoms with Gasteiger partial charge in [-0.1, -0.05) is 0 Å². The van der Waals surface area contributed by atoms with E-state index in [1.54, 1.807) is 0 Å². The predicted octanol–water partition coefficient (Wildman–Crippen LogP) is -0.100. The molecule has 1 aliphatic rings. The van der Waals surface area contributed by atoms with Crippen LogP contribution in [0.3, 0.4) is 0 Å². The van der Waals surface area contributed by atoms with Crippen molar-refractivity contribution in [2.75, 3.05) is 12.0 Å². The van der Waals surface area contributed by atoms with Crippen LogP contribution in [0.5, 0.6) is 0 Å². The molecule has 0 aliphatic carbocycles. The highest BCUT2D eigenvalue weighted by molar-refractivity contribution is 8.09. The maximum atomic E-state index is 10.5. The zero-order valence-corrected chi connectivity index (χ0v) is 7.37. The molecule has 10 heavy (non-hydrogen) atoms. The summed E-state index contributed by atoms with van der Waals surface area (Å²) in [5.41, 5.74) is 0. The fraction of sp³-hybridized carbons (Fsp3) is 1.00. The van der Waals surface area contributed by atoms with Crippen LogP contribution in [0.2, 0.25) is 0 Å². The van der Waals surface area contributed by atoms with Gasteiger partial charge in [-0.3, -0.25) is 0 Å². The molecule has 0 amide bonds. The topological polar surface area (TPSA) is 57.2 Å². The van der Waals surface area contributed by atoms with Crippen LogP contribution in [0.15, 0.2) is 0 Å². The average Bonchev–Trinajstić information content (AvgIpc) is 2.11. The quantitative estimate of drug-likeness (QED) is 0.420. The third-order valence-electron chi connectivity index (χ3n) is 1.68. The molecule has 5 heteroatoms. The van der Waals surface area contributed by atoms with E-state index in [1.165, 1.54) is 0 Å². The summed E-state index contributed by atoms with van der Waals surface area (Å²) in [4.78, 5) is 0. The van der Waals surface area contributed by atoms with Crippen LogP contribution >= 0.6 is 0 Å². The van der Waals surface area contributed by atoms with Crippen LogP contribution in [0, 0.1) is 0 Å². The standard InChI is InChI=1S/C5H10O3S2/c1-9-4-2-3-5(9)10(6,7)8/h5H,2-4H2,1H3. The van der Waals surface area contributed by atoms with Gasteiger partial charge < -0.3 is 4.55 Å². The molecule has 1 aliphatic heterocycles. The van der Waals surface area contributed by atoms with Crippen molar-refractivity contribution in [2.24, 2.45) is 0 Å². The molecule has 0 aromatic carbocycles. The maximum Gasteiger partial charge on any atom is 0.205 e. The van der Waals surface area contributed by atoms with Crippen LogP contribution in [0.1, 0.15) is 12.8 Å². The zero-order chi connectivity index (χ0) is 7.78. The van der Waals surface area contributed by atoms with Crippen LogP contribution in [-0.2, 0) is 21.0 Å². The summed E-state index contributed by atoms with van der Waals surface area (Å²) < 4.78 is 30.9. The van der Waals surface area contributed by atoms with Gasteiger partial charge in [0.05, 0.1) is 6.26 Å². The van der Waals surface area contributed by atoms with Gasteiger partial charge in [0.2, 0.25) is 4.58 Å². The summed E-state index contributed by atoms with van der Waals surface area (Å²) in [5, 5.41) is 0. The Kier molecular flexibility index (Phi) is 2.27. The van der Waals surface area contributed by atoms with Crippen molar-refractivity contribution in [1.29, 1.82) is 0 Å². The van der Waals surface area contributed by atoms with E-state index >= 15 is 0 Å². The van der Waals surface area contributed by atoms with E-state index in [4.69, 9.17) is 0 Å². The van der Waals surface area contributed by atoms with E-state index in [-0.39, 0.29) is 10.9 Å². The predicted molar refractivity (Wildman–Crippen MR) is 40.9 cm³/mol. The van der Waals surface area contributed by atoms with E-state index in [1.807, 2.05) is 6.26 Å². The number of rotatable bonds is 1. The fourth-order valence-electron chi connectivity index (χ4n) is 1.16. The van der Waals surface area contributed by atoms with Crippen LogP contribution in [-0.4, -0.2) is 29.6 Å². The second kappa shape index (κ2) is 2.71. The van der Waals surface area contributed by atoms with E-state index in [2.05, 4.69) is 0 Å². The Morgan fingerprint density at radius 3 is 2.40 bits per heavy atom. The van der Waals surface area contributed by atoms with Gasteiger partial charge >= 0.3 is 0 Å². The lowest BCUT2D eigenvalue weighted by Crippen LogP contribution is -2.25. The van der Waals surface area contributed by atoms with Gasteiger partial charge in [-0.2, -0.15) is 0 Å². The van der Waals surface area contributed by atoms with Crippen LogP contribution < -0.4 is 0 Å². The molecule has 0 aromatic rings. The minimum Gasteiger partial charge on any atom is -0.744 e. The van der Waals surface area contributed by atoms with Gasteiger partial charge in [0, 0.05) is 17.3 Å². The second-order valence-electron chi connectivity index (χ2n) is 2.46. The second-order valence-corrected chi connectivity index (χ2v) is 6.67. The molecule has 0 N–H and O–H groups in total. The Morgan fingerprint density at radius 1 is 1.60 bits per heavy atom. The Labute approximate surface area is 63.9 Å². The smallest absolute Gasteiger partial charge is 0.205 e. The lowest BCUT2D eigenvalue weighted by atomic mass is 10.4. The molecular weight excluding hydrogens is 172 g/mol. The Bertz CT molecular complexity index is 209. The molecule has 2 atom stereocenters. The SMILES string of the molecule is C[S+]1CCCC1S(=O)(=O)[O-]. The first-order chi connectivity index (χ1) is 4.52. The molecule has 0 aromatic heterocycles. The summed E-state index contributed by atoms with van der Waals surface area (Å²) in [6.07, 6.45) is 3.32. The highest BCUT2D eigenvalue weighted by atomic mass is 32.3. The highest BCUT2D eigenvalue weighted by Gasteiger charge is 2.37. The van der Waals surface area contributed by atoms with E-state index < -0.39 is 14.7 Å². The van der Waals surface area contributed by atoms with Crippen LogP contribution in [0.4, 0.5) is 0 Å². The van der Waals surface area contributed by atoms with Gasteiger partial charge in [0.1, 0.15) is 15.9 Å². The lowest BCUT2D eigenvalue weighted by molar-refractivity contribution is 0.458. The van der Waals surface area contributed by atoms with Crippen molar-refractivity contribution in [3.8, 4) is 0 Å². The van der Waals surface area contributed by atoms with Crippen molar-refractivity contribution in [1.82, 2.24) is 0 Å². The minimum atomic E-state index is -3.99. The van der Waals surface area contributed by atoms with Crippen molar-refractivity contribution in [3.05, 3.63) is 0 Å². The van der Waals surface area contributed by atoms with Crippen molar-refractivity contribution < 1.29 is 13.0 Å². The molecule has 0 saturated carbocycles. The molecule has 1 fully saturated rings. The first-order valence-electron chi connectivity index (χ1n) is 3.08. The molecule has 2 unspecified atom stereocenters. The van der Waals surface area contributed by atoms with Crippen molar-refractivity contribution in [3.63, 3.8) is 0 Å². The molecule has 1 rings (SSSR count). The summed E-state index contributed by atoms with van der Waals surface area (Å²) in [7, 11) is -4.17. The normalized spacial score (nSPS) is 34.6. The van der Waals surface area contributed by atoms with Crippen molar-refractivity contribution >= 4 is 21.0 Å². The molecular formula is C5H10O3S2. The minimum absolute atomic E-state index is 0.181. The van der Waals surface area contributed by atoms with Gasteiger partial charge in [0.15, 0.2) is 0 Å². The maximum absolute atomic E-state index is 10.5. The lowest BCUT2D eigenvalue weighted by Gasteiger charge is -2.11. The molecule has 3 nitrogen and oxygen atoms in total. The first-order valence-corrected chi connectivity index (χ1v) is 6.41. The molecule has 1 saturated heterocycles. The fourth-order valence-corrected chi connectivity index (χ4v) is 4.96. The average molecular weight is 182 g/mol. The molecule has 60 valence electrons. The van der Waals surface area contributed by atoms with Gasteiger partial charge in [-0.15, -0.1) is 0 Å². The van der Waals surface area contributed by atoms with Crippen molar-refractivity contribution in [2.45, 2.75) is 17.4 Å². The Balaban J connectivity index is 2.74.